The van der Waals surface area contributed by atoms with E-state index in [4.69, 9.17) is 17.3 Å². The molecule has 1 aromatic carbocycles. The van der Waals surface area contributed by atoms with Gasteiger partial charge in [0.15, 0.2) is 0 Å². The fourth-order valence-corrected chi connectivity index (χ4v) is 2.71. The average molecular weight is 306 g/mol. The standard InChI is InChI=1S/C17H24ClN3/c1-4-15(5-2)21-9-8-14(20-21)11-17(19)13-6-7-16(18)12(3)10-13/h6-10,15,17H,4-5,11,19H2,1-3H3. The zero-order chi connectivity index (χ0) is 15.4. The summed E-state index contributed by atoms with van der Waals surface area (Å²) >= 11 is 6.06. The van der Waals surface area contributed by atoms with Crippen molar-refractivity contribution >= 4 is 11.6 Å². The fourth-order valence-electron chi connectivity index (χ4n) is 2.59. The van der Waals surface area contributed by atoms with Crippen LogP contribution in [0.1, 0.15) is 55.6 Å². The molecule has 0 saturated heterocycles. The largest absolute Gasteiger partial charge is 0.324 e. The van der Waals surface area contributed by atoms with Crippen molar-refractivity contribution in [1.82, 2.24) is 9.78 Å². The topological polar surface area (TPSA) is 43.8 Å². The lowest BCUT2D eigenvalue weighted by molar-refractivity contribution is 0.424. The minimum absolute atomic E-state index is 0.0500. The highest BCUT2D eigenvalue weighted by atomic mass is 35.5. The number of hydrogen-bond donors (Lipinski definition) is 1. The Bertz CT molecular complexity index is 587. The van der Waals surface area contributed by atoms with Crippen LogP contribution in [0, 0.1) is 6.92 Å². The van der Waals surface area contributed by atoms with Gasteiger partial charge in [0.1, 0.15) is 0 Å². The molecular formula is C17H24ClN3. The van der Waals surface area contributed by atoms with Crippen molar-refractivity contribution in [2.45, 2.75) is 52.1 Å². The van der Waals surface area contributed by atoms with Crippen LogP contribution >= 0.6 is 11.6 Å². The van der Waals surface area contributed by atoms with Crippen LogP contribution in [0.5, 0.6) is 0 Å². The Morgan fingerprint density at radius 3 is 2.57 bits per heavy atom. The van der Waals surface area contributed by atoms with E-state index in [1.165, 1.54) is 0 Å². The predicted molar refractivity (Wildman–Crippen MR) is 88.7 cm³/mol. The maximum Gasteiger partial charge on any atom is 0.0643 e. The Balaban J connectivity index is 2.08. The first kappa shape index (κ1) is 16.1. The number of nitrogens with two attached hydrogens (primary N) is 1. The number of halogens is 1. The third-order valence-corrected chi connectivity index (χ3v) is 4.44. The zero-order valence-corrected chi connectivity index (χ0v) is 13.8. The van der Waals surface area contributed by atoms with Crippen LogP contribution < -0.4 is 5.73 Å². The molecule has 3 nitrogen and oxygen atoms in total. The molecule has 114 valence electrons. The van der Waals surface area contributed by atoms with Gasteiger partial charge in [-0.05, 0) is 43.0 Å². The summed E-state index contributed by atoms with van der Waals surface area (Å²) in [6, 6.07) is 8.47. The molecule has 1 heterocycles. The molecule has 1 unspecified atom stereocenters. The van der Waals surface area contributed by atoms with Gasteiger partial charge in [0, 0.05) is 23.7 Å². The van der Waals surface area contributed by atoms with Gasteiger partial charge in [0.2, 0.25) is 0 Å². The minimum atomic E-state index is -0.0500. The molecule has 1 atom stereocenters. The molecule has 0 aliphatic heterocycles. The molecule has 0 aliphatic rings. The summed E-state index contributed by atoms with van der Waals surface area (Å²) in [5, 5.41) is 5.45. The summed E-state index contributed by atoms with van der Waals surface area (Å²) in [5.74, 6) is 0. The third-order valence-electron chi connectivity index (χ3n) is 4.02. The molecule has 0 fully saturated rings. The Kier molecular flexibility index (Phi) is 5.43. The minimum Gasteiger partial charge on any atom is -0.324 e. The summed E-state index contributed by atoms with van der Waals surface area (Å²) in [7, 11) is 0. The smallest absolute Gasteiger partial charge is 0.0643 e. The lowest BCUT2D eigenvalue weighted by Crippen LogP contribution is -2.15. The van der Waals surface area contributed by atoms with Crippen molar-refractivity contribution in [3.63, 3.8) is 0 Å². The van der Waals surface area contributed by atoms with Gasteiger partial charge in [-0.1, -0.05) is 37.6 Å². The molecule has 0 amide bonds. The average Bonchev–Trinajstić information content (AvgIpc) is 2.91. The number of aromatic nitrogens is 2. The molecule has 4 heteroatoms. The summed E-state index contributed by atoms with van der Waals surface area (Å²) in [5.41, 5.74) is 9.52. The monoisotopic (exact) mass is 305 g/mol. The Morgan fingerprint density at radius 2 is 1.95 bits per heavy atom. The summed E-state index contributed by atoms with van der Waals surface area (Å²) < 4.78 is 2.06. The molecule has 0 saturated carbocycles. The van der Waals surface area contributed by atoms with Crippen molar-refractivity contribution in [2.75, 3.05) is 0 Å². The van der Waals surface area contributed by atoms with Crippen LogP contribution in [0.2, 0.25) is 5.02 Å². The van der Waals surface area contributed by atoms with E-state index in [2.05, 4.69) is 42.0 Å². The molecule has 0 aliphatic carbocycles. The second kappa shape index (κ2) is 7.10. The summed E-state index contributed by atoms with van der Waals surface area (Å²) in [6.07, 6.45) is 5.00. The molecule has 2 N–H and O–H groups in total. The number of nitrogens with zero attached hydrogens (tertiary/aromatic N) is 2. The Morgan fingerprint density at radius 1 is 1.24 bits per heavy atom. The fraction of sp³-hybridized carbons (Fsp3) is 0.471. The second-order valence-corrected chi connectivity index (χ2v) is 5.98. The number of benzene rings is 1. The van der Waals surface area contributed by atoms with Crippen LogP contribution in [0.3, 0.4) is 0 Å². The first-order valence-corrected chi connectivity index (χ1v) is 7.98. The van der Waals surface area contributed by atoms with Crippen molar-refractivity contribution < 1.29 is 0 Å². The van der Waals surface area contributed by atoms with E-state index in [9.17, 15) is 0 Å². The molecule has 1 aromatic heterocycles. The van der Waals surface area contributed by atoms with Gasteiger partial charge in [-0.2, -0.15) is 5.10 Å². The number of rotatable bonds is 6. The van der Waals surface area contributed by atoms with E-state index in [0.29, 0.717) is 6.04 Å². The normalized spacial score (nSPS) is 12.9. The van der Waals surface area contributed by atoms with Crippen LogP contribution in [-0.2, 0) is 6.42 Å². The molecule has 0 spiro atoms. The van der Waals surface area contributed by atoms with Gasteiger partial charge in [-0.25, -0.2) is 0 Å². The zero-order valence-electron chi connectivity index (χ0n) is 13.0. The number of aryl methyl sites for hydroxylation is 1. The van der Waals surface area contributed by atoms with E-state index in [1.807, 2.05) is 19.1 Å². The van der Waals surface area contributed by atoms with Crippen molar-refractivity contribution in [3.8, 4) is 0 Å². The van der Waals surface area contributed by atoms with Gasteiger partial charge in [0.25, 0.3) is 0 Å². The van der Waals surface area contributed by atoms with Gasteiger partial charge in [0.05, 0.1) is 11.7 Å². The van der Waals surface area contributed by atoms with Gasteiger partial charge in [-0.3, -0.25) is 4.68 Å². The third kappa shape index (κ3) is 3.86. The summed E-state index contributed by atoms with van der Waals surface area (Å²) in [6.45, 7) is 6.38. The quantitative estimate of drug-likeness (QED) is 0.857. The van der Waals surface area contributed by atoms with Crippen molar-refractivity contribution in [1.29, 1.82) is 0 Å². The van der Waals surface area contributed by atoms with Gasteiger partial charge in [-0.15, -0.1) is 0 Å². The molecule has 21 heavy (non-hydrogen) atoms. The van der Waals surface area contributed by atoms with Crippen LogP contribution in [0.15, 0.2) is 30.5 Å². The number of hydrogen-bond acceptors (Lipinski definition) is 2. The maximum atomic E-state index is 6.30. The van der Waals surface area contributed by atoms with Crippen LogP contribution in [-0.4, -0.2) is 9.78 Å². The van der Waals surface area contributed by atoms with Gasteiger partial charge >= 0.3 is 0 Å². The van der Waals surface area contributed by atoms with E-state index in [-0.39, 0.29) is 6.04 Å². The maximum absolute atomic E-state index is 6.30. The van der Waals surface area contributed by atoms with E-state index < -0.39 is 0 Å². The molecule has 2 rings (SSSR count). The van der Waals surface area contributed by atoms with E-state index >= 15 is 0 Å². The van der Waals surface area contributed by atoms with Crippen molar-refractivity contribution in [3.05, 3.63) is 52.3 Å². The van der Waals surface area contributed by atoms with E-state index in [1.54, 1.807) is 0 Å². The van der Waals surface area contributed by atoms with Gasteiger partial charge < -0.3 is 5.73 Å². The predicted octanol–water partition coefficient (Wildman–Crippen LogP) is 4.45. The van der Waals surface area contributed by atoms with E-state index in [0.717, 1.165) is 41.1 Å². The molecule has 0 bridgehead atoms. The first-order valence-electron chi connectivity index (χ1n) is 7.60. The summed E-state index contributed by atoms with van der Waals surface area (Å²) in [4.78, 5) is 0. The van der Waals surface area contributed by atoms with Crippen LogP contribution in [0.4, 0.5) is 0 Å². The second-order valence-electron chi connectivity index (χ2n) is 5.58. The van der Waals surface area contributed by atoms with Crippen molar-refractivity contribution in [2.24, 2.45) is 5.73 Å². The lowest BCUT2D eigenvalue weighted by atomic mass is 10.0. The first-order chi connectivity index (χ1) is 10.0. The van der Waals surface area contributed by atoms with Crippen LogP contribution in [0.25, 0.3) is 0 Å². The molecule has 0 radical (unpaired) electrons. The molecular weight excluding hydrogens is 282 g/mol. The lowest BCUT2D eigenvalue weighted by Gasteiger charge is -2.14. The highest BCUT2D eigenvalue weighted by Gasteiger charge is 2.12. The Hall–Kier alpha value is -1.32. The molecule has 2 aromatic rings. The SMILES string of the molecule is CCC(CC)n1ccc(CC(N)c2ccc(Cl)c(C)c2)n1. The highest BCUT2D eigenvalue weighted by molar-refractivity contribution is 6.31. The Labute approximate surface area is 132 Å². The highest BCUT2D eigenvalue weighted by Crippen LogP contribution is 2.22.